The SMILES string of the molecule is O=C(NCCCCNC(=O)OC1CCC2OC2C1)Nc1nccc(=O)[nH]1. The molecule has 1 aromatic heterocycles. The minimum Gasteiger partial charge on any atom is -0.446 e. The summed E-state index contributed by atoms with van der Waals surface area (Å²) in [6.07, 6.45) is 5.52. The summed E-state index contributed by atoms with van der Waals surface area (Å²) in [5, 5.41) is 7.78. The number of fused-ring (bicyclic) bond motifs is 1. The molecule has 1 saturated carbocycles. The molecule has 2 fully saturated rings. The number of anilines is 1. The minimum atomic E-state index is -0.454. The molecule has 0 aromatic carbocycles. The van der Waals surface area contributed by atoms with E-state index < -0.39 is 12.1 Å². The Morgan fingerprint density at radius 1 is 1.23 bits per heavy atom. The Labute approximate surface area is 150 Å². The number of nitrogens with zero attached hydrogens (tertiary/aromatic N) is 1. The van der Waals surface area contributed by atoms with Gasteiger partial charge in [0.15, 0.2) is 0 Å². The van der Waals surface area contributed by atoms with Crippen LogP contribution in [0, 0.1) is 0 Å². The van der Waals surface area contributed by atoms with E-state index in [2.05, 4.69) is 25.9 Å². The van der Waals surface area contributed by atoms with Crippen molar-refractivity contribution < 1.29 is 19.1 Å². The predicted octanol–water partition coefficient (Wildman–Crippen LogP) is 0.718. The number of epoxide rings is 1. The molecule has 3 rings (SSSR count). The summed E-state index contributed by atoms with van der Waals surface area (Å²) in [5.74, 6) is 0.0880. The Hall–Kier alpha value is -2.62. The van der Waals surface area contributed by atoms with E-state index in [1.165, 1.54) is 12.3 Å². The quantitative estimate of drug-likeness (QED) is 0.415. The number of H-pyrrole nitrogens is 1. The van der Waals surface area contributed by atoms with Crippen molar-refractivity contribution in [3.05, 3.63) is 22.6 Å². The number of nitrogens with one attached hydrogen (secondary N) is 4. The summed E-state index contributed by atoms with van der Waals surface area (Å²) >= 11 is 0. The normalized spacial score (nSPS) is 23.5. The second-order valence-corrected chi connectivity index (χ2v) is 6.35. The lowest BCUT2D eigenvalue weighted by Crippen LogP contribution is -2.33. The number of ether oxygens (including phenoxy) is 2. The summed E-state index contributed by atoms with van der Waals surface area (Å²) in [7, 11) is 0. The van der Waals surface area contributed by atoms with Crippen molar-refractivity contribution in [1.29, 1.82) is 0 Å². The van der Waals surface area contributed by atoms with Crippen LogP contribution in [0.15, 0.2) is 17.1 Å². The van der Waals surface area contributed by atoms with Crippen molar-refractivity contribution >= 4 is 18.1 Å². The Bertz CT molecular complexity index is 694. The zero-order valence-electron chi connectivity index (χ0n) is 14.3. The molecule has 2 heterocycles. The van der Waals surface area contributed by atoms with Crippen molar-refractivity contribution in [2.24, 2.45) is 0 Å². The minimum absolute atomic E-state index is 0.0536. The number of carbonyl (C=O) groups excluding carboxylic acids is 2. The van der Waals surface area contributed by atoms with Gasteiger partial charge in [-0.2, -0.15) is 0 Å². The molecule has 26 heavy (non-hydrogen) atoms. The molecular weight excluding hydrogens is 342 g/mol. The van der Waals surface area contributed by atoms with E-state index in [-0.39, 0.29) is 23.7 Å². The lowest BCUT2D eigenvalue weighted by molar-refractivity contribution is 0.0798. The highest BCUT2D eigenvalue weighted by Crippen LogP contribution is 2.37. The molecular formula is C16H23N5O5. The fourth-order valence-electron chi connectivity index (χ4n) is 2.90. The number of rotatable bonds is 7. The van der Waals surface area contributed by atoms with Gasteiger partial charge in [0, 0.05) is 31.8 Å². The van der Waals surface area contributed by atoms with Gasteiger partial charge in [-0.1, -0.05) is 0 Å². The first-order valence-corrected chi connectivity index (χ1v) is 8.80. The summed E-state index contributed by atoms with van der Waals surface area (Å²) < 4.78 is 10.8. The largest absolute Gasteiger partial charge is 0.446 e. The van der Waals surface area contributed by atoms with Crippen LogP contribution >= 0.6 is 0 Å². The molecule has 1 aromatic rings. The van der Waals surface area contributed by atoms with Gasteiger partial charge in [0.25, 0.3) is 5.56 Å². The van der Waals surface area contributed by atoms with E-state index in [4.69, 9.17) is 9.47 Å². The van der Waals surface area contributed by atoms with Crippen LogP contribution in [0.1, 0.15) is 32.1 Å². The van der Waals surface area contributed by atoms with Crippen LogP contribution < -0.4 is 21.5 Å². The maximum atomic E-state index is 11.7. The molecule has 0 spiro atoms. The summed E-state index contributed by atoms with van der Waals surface area (Å²) in [6.45, 7) is 0.910. The van der Waals surface area contributed by atoms with Crippen molar-refractivity contribution in [3.63, 3.8) is 0 Å². The van der Waals surface area contributed by atoms with Gasteiger partial charge in [0.2, 0.25) is 5.95 Å². The third kappa shape index (κ3) is 5.73. The summed E-state index contributed by atoms with van der Waals surface area (Å²) in [5.41, 5.74) is -0.342. The maximum Gasteiger partial charge on any atom is 0.407 e. The predicted molar refractivity (Wildman–Crippen MR) is 91.9 cm³/mol. The van der Waals surface area contributed by atoms with Gasteiger partial charge < -0.3 is 20.1 Å². The second kappa shape index (κ2) is 8.65. The van der Waals surface area contributed by atoms with E-state index in [0.29, 0.717) is 32.0 Å². The topological polar surface area (TPSA) is 138 Å². The average Bonchev–Trinajstić information content (AvgIpc) is 3.36. The zero-order chi connectivity index (χ0) is 18.4. The van der Waals surface area contributed by atoms with E-state index in [0.717, 1.165) is 19.3 Å². The highest BCUT2D eigenvalue weighted by Gasteiger charge is 2.45. The lowest BCUT2D eigenvalue weighted by atomic mass is 9.98. The third-order valence-corrected chi connectivity index (χ3v) is 4.29. The molecule has 1 aliphatic heterocycles. The number of unbranched alkanes of at least 4 members (excludes halogenated alkanes) is 1. The van der Waals surface area contributed by atoms with E-state index >= 15 is 0 Å². The lowest BCUT2D eigenvalue weighted by Gasteiger charge is -2.19. The summed E-state index contributed by atoms with van der Waals surface area (Å²) in [6, 6.07) is 0.802. The van der Waals surface area contributed by atoms with E-state index in [9.17, 15) is 14.4 Å². The smallest absolute Gasteiger partial charge is 0.407 e. The molecule has 3 atom stereocenters. The molecule has 1 saturated heterocycles. The van der Waals surface area contributed by atoms with Crippen molar-refractivity contribution in [1.82, 2.24) is 20.6 Å². The van der Waals surface area contributed by atoms with Gasteiger partial charge in [0.05, 0.1) is 12.2 Å². The molecule has 2 aliphatic rings. The number of hydrogen-bond acceptors (Lipinski definition) is 6. The van der Waals surface area contributed by atoms with Gasteiger partial charge in [-0.25, -0.2) is 14.6 Å². The van der Waals surface area contributed by atoms with Crippen LogP contribution in [-0.2, 0) is 9.47 Å². The second-order valence-electron chi connectivity index (χ2n) is 6.35. The Balaban J connectivity index is 1.20. The molecule has 0 bridgehead atoms. The van der Waals surface area contributed by atoms with Crippen molar-refractivity contribution in [3.8, 4) is 0 Å². The number of amides is 3. The number of urea groups is 1. The van der Waals surface area contributed by atoms with Crippen LogP contribution in [0.3, 0.4) is 0 Å². The number of hydrogen-bond donors (Lipinski definition) is 4. The molecule has 142 valence electrons. The Kier molecular flexibility index (Phi) is 6.05. The number of alkyl carbamates (subject to hydrolysis) is 1. The zero-order valence-corrected chi connectivity index (χ0v) is 14.3. The van der Waals surface area contributed by atoms with Gasteiger partial charge in [-0.3, -0.25) is 15.1 Å². The fourth-order valence-corrected chi connectivity index (χ4v) is 2.90. The number of aromatic amines is 1. The average molecular weight is 365 g/mol. The fraction of sp³-hybridized carbons (Fsp3) is 0.625. The molecule has 10 heteroatoms. The molecule has 0 radical (unpaired) electrons. The molecule has 3 unspecified atom stereocenters. The Morgan fingerprint density at radius 2 is 2.04 bits per heavy atom. The summed E-state index contributed by atoms with van der Waals surface area (Å²) in [4.78, 5) is 40.6. The van der Waals surface area contributed by atoms with Crippen molar-refractivity contribution in [2.75, 3.05) is 18.4 Å². The van der Waals surface area contributed by atoms with Gasteiger partial charge in [0.1, 0.15) is 6.10 Å². The highest BCUT2D eigenvalue weighted by molar-refractivity contribution is 5.87. The van der Waals surface area contributed by atoms with E-state index in [1.807, 2.05) is 0 Å². The van der Waals surface area contributed by atoms with Gasteiger partial charge >= 0.3 is 12.1 Å². The monoisotopic (exact) mass is 365 g/mol. The van der Waals surface area contributed by atoms with Crippen LogP contribution in [0.5, 0.6) is 0 Å². The van der Waals surface area contributed by atoms with Crippen molar-refractivity contribution in [2.45, 2.75) is 50.4 Å². The van der Waals surface area contributed by atoms with Crippen LogP contribution in [0.4, 0.5) is 15.5 Å². The molecule has 10 nitrogen and oxygen atoms in total. The maximum absolute atomic E-state index is 11.7. The number of aromatic nitrogens is 2. The standard InChI is InChI=1S/C16H23N5O5/c22-13-5-8-17-14(20-13)21-15(23)18-6-1-2-7-19-16(24)25-10-3-4-11-12(9-10)26-11/h5,8,10-12H,1-4,6-7,9H2,(H,19,24)(H3,17,18,20,21,22,23). The molecule has 4 N–H and O–H groups in total. The highest BCUT2D eigenvalue weighted by atomic mass is 16.6. The number of carbonyl (C=O) groups is 2. The first-order valence-electron chi connectivity index (χ1n) is 8.80. The first-order chi connectivity index (χ1) is 12.6. The molecule has 3 amide bonds. The van der Waals surface area contributed by atoms with E-state index in [1.54, 1.807) is 0 Å². The van der Waals surface area contributed by atoms with Crippen LogP contribution in [-0.4, -0.2) is 53.5 Å². The first kappa shape index (κ1) is 18.2. The third-order valence-electron chi connectivity index (χ3n) is 4.29. The van der Waals surface area contributed by atoms with Crippen LogP contribution in [0.2, 0.25) is 0 Å². The Morgan fingerprint density at radius 3 is 2.81 bits per heavy atom. The van der Waals surface area contributed by atoms with Gasteiger partial charge in [-0.05, 0) is 25.7 Å². The van der Waals surface area contributed by atoms with Crippen LogP contribution in [0.25, 0.3) is 0 Å². The molecule has 1 aliphatic carbocycles. The van der Waals surface area contributed by atoms with Gasteiger partial charge in [-0.15, -0.1) is 0 Å².